The number of hydrogen-bond donors (Lipinski definition) is 1. The number of fused-ring (bicyclic) bond motifs is 1. The largest absolute Gasteiger partial charge is 0.350 e. The molecule has 0 atom stereocenters. The van der Waals surface area contributed by atoms with Gasteiger partial charge in [-0.05, 0) is 24.3 Å². The zero-order valence-electron chi connectivity index (χ0n) is 10.1. The van der Waals surface area contributed by atoms with E-state index in [4.69, 9.17) is 11.6 Å². The second-order valence-electron chi connectivity index (χ2n) is 4.13. The van der Waals surface area contributed by atoms with E-state index in [-0.39, 0.29) is 17.1 Å². The minimum Gasteiger partial charge on any atom is -0.350 e. The summed E-state index contributed by atoms with van der Waals surface area (Å²) in [5.74, 6) is -1.03. The highest BCUT2D eigenvalue weighted by Gasteiger charge is 2.13. The van der Waals surface area contributed by atoms with Crippen molar-refractivity contribution in [3.63, 3.8) is 0 Å². The Labute approximate surface area is 118 Å². The summed E-state index contributed by atoms with van der Waals surface area (Å²) >= 11 is 5.64. The third-order valence-corrected chi connectivity index (χ3v) is 3.17. The predicted molar refractivity (Wildman–Crippen MR) is 71.7 cm³/mol. The van der Waals surface area contributed by atoms with Gasteiger partial charge in [-0.3, -0.25) is 4.40 Å². The van der Waals surface area contributed by atoms with Crippen molar-refractivity contribution in [1.82, 2.24) is 14.6 Å². The van der Waals surface area contributed by atoms with Gasteiger partial charge in [0.15, 0.2) is 5.65 Å². The van der Waals surface area contributed by atoms with E-state index in [1.54, 1.807) is 16.7 Å². The summed E-state index contributed by atoms with van der Waals surface area (Å²) in [5.41, 5.74) is 0.507. The molecule has 0 amide bonds. The molecular weight excluding hydrogens is 286 g/mol. The second kappa shape index (κ2) is 5.05. The normalized spacial score (nSPS) is 10.9. The van der Waals surface area contributed by atoms with Crippen molar-refractivity contribution in [3.05, 3.63) is 58.7 Å². The highest BCUT2D eigenvalue weighted by molar-refractivity contribution is 6.30. The van der Waals surface area contributed by atoms with Gasteiger partial charge in [-0.15, -0.1) is 10.2 Å². The molecule has 0 fully saturated rings. The number of benzene rings is 1. The fraction of sp³-hybridized carbons (Fsp3) is 0.0769. The predicted octanol–water partition coefficient (Wildman–Crippen LogP) is 3.27. The summed E-state index contributed by atoms with van der Waals surface area (Å²) in [6, 6.07) is 7.72. The van der Waals surface area contributed by atoms with E-state index in [1.807, 2.05) is 12.1 Å². The Hall–Kier alpha value is -2.21. The van der Waals surface area contributed by atoms with Gasteiger partial charge in [0.05, 0.1) is 5.02 Å². The topological polar surface area (TPSA) is 42.2 Å². The zero-order valence-corrected chi connectivity index (χ0v) is 10.9. The third-order valence-electron chi connectivity index (χ3n) is 2.88. The Kier molecular flexibility index (Phi) is 3.23. The summed E-state index contributed by atoms with van der Waals surface area (Å²) in [5, 5.41) is 10.6. The standard InChI is InChI=1S/C13H9ClF2N4/c14-9-4-5-10(15)8(12(9)16)7-17-13-19-18-11-3-1-2-6-20(11)13/h1-6H,7H2,(H,17,19). The maximum atomic E-state index is 13.8. The average Bonchev–Trinajstić information content (AvgIpc) is 2.87. The minimum absolute atomic E-state index is 0.0755. The Bertz CT molecular complexity index is 772. The first-order chi connectivity index (χ1) is 9.66. The first-order valence-electron chi connectivity index (χ1n) is 5.83. The number of hydrogen-bond acceptors (Lipinski definition) is 3. The van der Waals surface area contributed by atoms with Crippen LogP contribution >= 0.6 is 11.6 Å². The van der Waals surface area contributed by atoms with Gasteiger partial charge in [0, 0.05) is 18.3 Å². The molecule has 2 heterocycles. The first kappa shape index (κ1) is 12.8. The maximum absolute atomic E-state index is 13.8. The van der Waals surface area contributed by atoms with Crippen molar-refractivity contribution >= 4 is 23.2 Å². The average molecular weight is 295 g/mol. The quantitative estimate of drug-likeness (QED) is 0.754. The van der Waals surface area contributed by atoms with Crippen LogP contribution in [-0.2, 0) is 6.54 Å². The molecule has 0 radical (unpaired) electrons. The zero-order chi connectivity index (χ0) is 14.1. The molecule has 1 N–H and O–H groups in total. The van der Waals surface area contributed by atoms with Gasteiger partial charge in [0.1, 0.15) is 11.6 Å². The first-order valence-corrected chi connectivity index (χ1v) is 6.20. The van der Waals surface area contributed by atoms with Crippen LogP contribution in [0, 0.1) is 11.6 Å². The van der Waals surface area contributed by atoms with Gasteiger partial charge >= 0.3 is 0 Å². The number of aromatic nitrogens is 3. The molecule has 0 unspecified atom stereocenters. The van der Waals surface area contributed by atoms with Crippen molar-refractivity contribution in [2.24, 2.45) is 0 Å². The molecule has 0 aliphatic heterocycles. The van der Waals surface area contributed by atoms with Crippen LogP contribution in [0.5, 0.6) is 0 Å². The van der Waals surface area contributed by atoms with Gasteiger partial charge in [-0.25, -0.2) is 8.78 Å². The monoisotopic (exact) mass is 294 g/mol. The van der Waals surface area contributed by atoms with Crippen LogP contribution in [-0.4, -0.2) is 14.6 Å². The van der Waals surface area contributed by atoms with Gasteiger partial charge < -0.3 is 5.32 Å². The molecule has 0 aliphatic carbocycles. The smallest absolute Gasteiger partial charge is 0.229 e. The van der Waals surface area contributed by atoms with Crippen molar-refractivity contribution in [3.8, 4) is 0 Å². The lowest BCUT2D eigenvalue weighted by Crippen LogP contribution is -2.07. The van der Waals surface area contributed by atoms with Crippen molar-refractivity contribution in [2.75, 3.05) is 5.32 Å². The van der Waals surface area contributed by atoms with Gasteiger partial charge in [0.25, 0.3) is 0 Å². The van der Waals surface area contributed by atoms with Crippen LogP contribution in [0.4, 0.5) is 14.7 Å². The highest BCUT2D eigenvalue weighted by Crippen LogP contribution is 2.21. The van der Waals surface area contributed by atoms with E-state index >= 15 is 0 Å². The summed E-state index contributed by atoms with van der Waals surface area (Å²) in [6.07, 6.45) is 1.75. The van der Waals surface area contributed by atoms with Gasteiger partial charge in [-0.2, -0.15) is 0 Å². The van der Waals surface area contributed by atoms with Crippen LogP contribution in [0.3, 0.4) is 0 Å². The van der Waals surface area contributed by atoms with E-state index in [9.17, 15) is 8.78 Å². The fourth-order valence-electron chi connectivity index (χ4n) is 1.86. The summed E-state index contributed by atoms with van der Waals surface area (Å²) in [7, 11) is 0. The minimum atomic E-state index is -0.770. The van der Waals surface area contributed by atoms with E-state index in [0.717, 1.165) is 6.07 Å². The lowest BCUT2D eigenvalue weighted by Gasteiger charge is -2.07. The lowest BCUT2D eigenvalue weighted by atomic mass is 10.2. The molecular formula is C13H9ClF2N4. The molecule has 7 heteroatoms. The number of pyridine rings is 1. The number of nitrogens with one attached hydrogen (secondary N) is 1. The molecule has 3 rings (SSSR count). The van der Waals surface area contributed by atoms with E-state index in [1.165, 1.54) is 6.07 Å². The summed E-state index contributed by atoms with van der Waals surface area (Å²) in [4.78, 5) is 0. The molecule has 20 heavy (non-hydrogen) atoms. The number of nitrogens with zero attached hydrogens (tertiary/aromatic N) is 3. The van der Waals surface area contributed by atoms with E-state index in [2.05, 4.69) is 15.5 Å². The van der Waals surface area contributed by atoms with Crippen molar-refractivity contribution in [2.45, 2.75) is 6.54 Å². The van der Waals surface area contributed by atoms with Gasteiger partial charge in [0.2, 0.25) is 5.95 Å². The van der Waals surface area contributed by atoms with Crippen molar-refractivity contribution in [1.29, 1.82) is 0 Å². The number of rotatable bonds is 3. The molecule has 102 valence electrons. The van der Waals surface area contributed by atoms with Crippen LogP contribution < -0.4 is 5.32 Å². The molecule has 3 aromatic rings. The second-order valence-corrected chi connectivity index (χ2v) is 4.53. The Morgan fingerprint density at radius 1 is 1.15 bits per heavy atom. The number of halogens is 3. The van der Waals surface area contributed by atoms with Crippen LogP contribution in [0.2, 0.25) is 5.02 Å². The Morgan fingerprint density at radius 3 is 2.85 bits per heavy atom. The summed E-state index contributed by atoms with van der Waals surface area (Å²) < 4.78 is 29.0. The van der Waals surface area contributed by atoms with Crippen LogP contribution in [0.25, 0.3) is 5.65 Å². The fourth-order valence-corrected chi connectivity index (χ4v) is 2.04. The van der Waals surface area contributed by atoms with Crippen LogP contribution in [0.15, 0.2) is 36.5 Å². The SMILES string of the molecule is Fc1ccc(Cl)c(F)c1CNc1nnc2ccccn12. The Balaban J connectivity index is 1.89. The molecule has 0 bridgehead atoms. The molecule has 0 spiro atoms. The highest BCUT2D eigenvalue weighted by atomic mass is 35.5. The third kappa shape index (κ3) is 2.18. The van der Waals surface area contributed by atoms with E-state index < -0.39 is 11.6 Å². The molecule has 2 aromatic heterocycles. The van der Waals surface area contributed by atoms with Crippen molar-refractivity contribution < 1.29 is 8.78 Å². The van der Waals surface area contributed by atoms with Crippen LogP contribution in [0.1, 0.15) is 5.56 Å². The molecule has 4 nitrogen and oxygen atoms in total. The summed E-state index contributed by atoms with van der Waals surface area (Å²) in [6.45, 7) is -0.0755. The lowest BCUT2D eigenvalue weighted by molar-refractivity contribution is 0.560. The molecule has 0 saturated carbocycles. The van der Waals surface area contributed by atoms with Gasteiger partial charge in [-0.1, -0.05) is 17.7 Å². The Morgan fingerprint density at radius 2 is 2.00 bits per heavy atom. The van der Waals surface area contributed by atoms with E-state index in [0.29, 0.717) is 11.6 Å². The molecule has 0 aliphatic rings. The number of anilines is 1. The molecule has 1 aromatic carbocycles. The maximum Gasteiger partial charge on any atom is 0.229 e. The molecule has 0 saturated heterocycles.